The van der Waals surface area contributed by atoms with E-state index in [4.69, 9.17) is 14.2 Å². The Morgan fingerprint density at radius 2 is 1.96 bits per heavy atom. The SMILES string of the molecule is COc1cccc(N2CC(C(=O)Nc3ccc4c(c3)OCCO4)CC2=O)c1. The van der Waals surface area contributed by atoms with Crippen molar-refractivity contribution >= 4 is 23.2 Å². The molecule has 2 aromatic rings. The Bertz CT molecular complexity index is 882. The zero-order valence-electron chi connectivity index (χ0n) is 14.9. The molecule has 140 valence electrons. The lowest BCUT2D eigenvalue weighted by atomic mass is 10.1. The number of rotatable bonds is 4. The molecule has 0 spiro atoms. The molecule has 2 aliphatic heterocycles. The maximum absolute atomic E-state index is 12.6. The second-order valence-corrected chi connectivity index (χ2v) is 6.45. The Kier molecular flexibility index (Phi) is 4.58. The molecule has 1 N–H and O–H groups in total. The number of carbonyl (C=O) groups excluding carboxylic acids is 2. The molecule has 7 heteroatoms. The van der Waals surface area contributed by atoms with Crippen LogP contribution in [0.5, 0.6) is 17.2 Å². The van der Waals surface area contributed by atoms with Crippen LogP contribution in [0.4, 0.5) is 11.4 Å². The van der Waals surface area contributed by atoms with Crippen molar-refractivity contribution in [1.29, 1.82) is 0 Å². The van der Waals surface area contributed by atoms with Gasteiger partial charge in [-0.2, -0.15) is 0 Å². The van der Waals surface area contributed by atoms with Gasteiger partial charge in [-0.05, 0) is 24.3 Å². The second kappa shape index (κ2) is 7.19. The number of ether oxygens (including phenoxy) is 3. The highest BCUT2D eigenvalue weighted by molar-refractivity contribution is 6.03. The minimum Gasteiger partial charge on any atom is -0.497 e. The summed E-state index contributed by atoms with van der Waals surface area (Å²) in [5.41, 5.74) is 1.35. The lowest BCUT2D eigenvalue weighted by Gasteiger charge is -2.19. The van der Waals surface area contributed by atoms with Crippen molar-refractivity contribution in [2.45, 2.75) is 6.42 Å². The third kappa shape index (κ3) is 3.53. The number of benzene rings is 2. The average Bonchev–Trinajstić information content (AvgIpc) is 3.10. The van der Waals surface area contributed by atoms with Crippen LogP contribution in [-0.2, 0) is 9.59 Å². The van der Waals surface area contributed by atoms with E-state index >= 15 is 0 Å². The quantitative estimate of drug-likeness (QED) is 0.897. The van der Waals surface area contributed by atoms with Gasteiger partial charge in [0.2, 0.25) is 11.8 Å². The third-order valence-electron chi connectivity index (χ3n) is 4.67. The van der Waals surface area contributed by atoms with Crippen molar-refractivity contribution in [3.8, 4) is 17.2 Å². The highest BCUT2D eigenvalue weighted by Crippen LogP contribution is 2.33. The number of carbonyl (C=O) groups is 2. The van der Waals surface area contributed by atoms with E-state index in [1.807, 2.05) is 18.2 Å². The number of fused-ring (bicyclic) bond motifs is 1. The fourth-order valence-corrected chi connectivity index (χ4v) is 3.28. The first-order valence-electron chi connectivity index (χ1n) is 8.79. The number of hydrogen-bond acceptors (Lipinski definition) is 5. The van der Waals surface area contributed by atoms with E-state index in [9.17, 15) is 9.59 Å². The largest absolute Gasteiger partial charge is 0.497 e. The van der Waals surface area contributed by atoms with Gasteiger partial charge in [-0.1, -0.05) is 6.07 Å². The fraction of sp³-hybridized carbons (Fsp3) is 0.300. The molecule has 1 saturated heterocycles. The molecule has 0 saturated carbocycles. The molecule has 2 aliphatic rings. The van der Waals surface area contributed by atoms with Gasteiger partial charge in [0.05, 0.1) is 13.0 Å². The number of nitrogens with one attached hydrogen (secondary N) is 1. The number of amides is 2. The van der Waals surface area contributed by atoms with E-state index < -0.39 is 5.92 Å². The fourth-order valence-electron chi connectivity index (χ4n) is 3.28. The van der Waals surface area contributed by atoms with E-state index in [0.29, 0.717) is 42.7 Å². The molecule has 0 aliphatic carbocycles. The summed E-state index contributed by atoms with van der Waals surface area (Å²) in [7, 11) is 1.58. The third-order valence-corrected chi connectivity index (χ3v) is 4.67. The number of hydrogen-bond donors (Lipinski definition) is 1. The monoisotopic (exact) mass is 368 g/mol. The Labute approximate surface area is 156 Å². The molecule has 7 nitrogen and oxygen atoms in total. The van der Waals surface area contributed by atoms with Crippen LogP contribution in [0.15, 0.2) is 42.5 Å². The molecular weight excluding hydrogens is 348 g/mol. The van der Waals surface area contributed by atoms with E-state index in [2.05, 4.69) is 5.32 Å². The molecular formula is C20H20N2O5. The Morgan fingerprint density at radius 3 is 2.78 bits per heavy atom. The van der Waals surface area contributed by atoms with Crippen LogP contribution in [0.1, 0.15) is 6.42 Å². The molecule has 1 fully saturated rings. The van der Waals surface area contributed by atoms with Crippen molar-refractivity contribution in [1.82, 2.24) is 0 Å². The van der Waals surface area contributed by atoms with Crippen molar-refractivity contribution in [2.24, 2.45) is 5.92 Å². The minimum atomic E-state index is -0.420. The summed E-state index contributed by atoms with van der Waals surface area (Å²) >= 11 is 0. The summed E-state index contributed by atoms with van der Waals surface area (Å²) in [6.07, 6.45) is 0.174. The van der Waals surface area contributed by atoms with Gasteiger partial charge >= 0.3 is 0 Å². The van der Waals surface area contributed by atoms with Crippen molar-refractivity contribution < 1.29 is 23.8 Å². The van der Waals surface area contributed by atoms with Gasteiger partial charge in [0.25, 0.3) is 0 Å². The van der Waals surface area contributed by atoms with Crippen LogP contribution in [0.2, 0.25) is 0 Å². The molecule has 0 aromatic heterocycles. The molecule has 1 atom stereocenters. The Balaban J connectivity index is 1.44. The Morgan fingerprint density at radius 1 is 1.15 bits per heavy atom. The van der Waals surface area contributed by atoms with Crippen LogP contribution >= 0.6 is 0 Å². The van der Waals surface area contributed by atoms with E-state index in [1.54, 1.807) is 36.3 Å². The number of anilines is 2. The van der Waals surface area contributed by atoms with Gasteiger partial charge < -0.3 is 24.4 Å². The highest BCUT2D eigenvalue weighted by atomic mass is 16.6. The van der Waals surface area contributed by atoms with E-state index in [-0.39, 0.29) is 18.2 Å². The zero-order valence-corrected chi connectivity index (χ0v) is 14.9. The Hall–Kier alpha value is -3.22. The molecule has 2 aromatic carbocycles. The summed E-state index contributed by atoms with van der Waals surface area (Å²) in [6.45, 7) is 1.34. The maximum atomic E-state index is 12.6. The lowest BCUT2D eigenvalue weighted by Crippen LogP contribution is -2.28. The molecule has 1 unspecified atom stereocenters. The molecule has 27 heavy (non-hydrogen) atoms. The first-order chi connectivity index (χ1) is 13.1. The first kappa shape index (κ1) is 17.2. The van der Waals surface area contributed by atoms with Crippen LogP contribution in [0, 0.1) is 5.92 Å². The minimum absolute atomic E-state index is 0.0782. The molecule has 4 rings (SSSR count). The van der Waals surface area contributed by atoms with Crippen LogP contribution in [0.3, 0.4) is 0 Å². The predicted octanol–water partition coefficient (Wildman–Crippen LogP) is 2.46. The number of nitrogens with zero attached hydrogens (tertiary/aromatic N) is 1. The second-order valence-electron chi connectivity index (χ2n) is 6.45. The summed E-state index contributed by atoms with van der Waals surface area (Å²) in [5.74, 6) is 1.26. The average molecular weight is 368 g/mol. The summed E-state index contributed by atoms with van der Waals surface area (Å²) < 4.78 is 16.2. The zero-order chi connectivity index (χ0) is 18.8. The van der Waals surface area contributed by atoms with Crippen LogP contribution < -0.4 is 24.4 Å². The van der Waals surface area contributed by atoms with Crippen molar-refractivity contribution in [2.75, 3.05) is 37.1 Å². The molecule has 0 radical (unpaired) electrons. The van der Waals surface area contributed by atoms with Crippen LogP contribution in [-0.4, -0.2) is 38.7 Å². The van der Waals surface area contributed by atoms with Crippen molar-refractivity contribution in [3.05, 3.63) is 42.5 Å². The van der Waals surface area contributed by atoms with E-state index in [1.165, 1.54) is 0 Å². The van der Waals surface area contributed by atoms with Crippen molar-refractivity contribution in [3.63, 3.8) is 0 Å². The standard InChI is InChI=1S/C20H20N2O5/c1-25-16-4-2-3-15(11-16)22-12-13(9-19(22)23)20(24)21-14-5-6-17-18(10-14)27-8-7-26-17/h2-6,10-11,13H,7-9,12H2,1H3,(H,21,24). The van der Waals surface area contributed by atoms with Gasteiger partial charge in [0.1, 0.15) is 19.0 Å². The van der Waals surface area contributed by atoms with Gasteiger partial charge in [-0.25, -0.2) is 0 Å². The van der Waals surface area contributed by atoms with Gasteiger partial charge in [-0.15, -0.1) is 0 Å². The molecule has 2 amide bonds. The normalized spacial score (nSPS) is 18.3. The van der Waals surface area contributed by atoms with Gasteiger partial charge in [0, 0.05) is 36.5 Å². The summed E-state index contributed by atoms with van der Waals surface area (Å²) in [5, 5.41) is 2.87. The van der Waals surface area contributed by atoms with Gasteiger partial charge in [-0.3, -0.25) is 9.59 Å². The first-order valence-corrected chi connectivity index (χ1v) is 8.79. The van der Waals surface area contributed by atoms with Crippen LogP contribution in [0.25, 0.3) is 0 Å². The lowest BCUT2D eigenvalue weighted by molar-refractivity contribution is -0.122. The smallest absolute Gasteiger partial charge is 0.229 e. The predicted molar refractivity (Wildman–Crippen MR) is 99.5 cm³/mol. The molecule has 2 heterocycles. The van der Waals surface area contributed by atoms with E-state index in [0.717, 1.165) is 5.69 Å². The van der Waals surface area contributed by atoms with Gasteiger partial charge in [0.15, 0.2) is 11.5 Å². The maximum Gasteiger partial charge on any atom is 0.229 e. The highest BCUT2D eigenvalue weighted by Gasteiger charge is 2.35. The topological polar surface area (TPSA) is 77.1 Å². The summed E-state index contributed by atoms with van der Waals surface area (Å²) in [6, 6.07) is 12.5. The number of methoxy groups -OCH3 is 1. The summed E-state index contributed by atoms with van der Waals surface area (Å²) in [4.78, 5) is 26.7. The molecule has 0 bridgehead atoms.